The topological polar surface area (TPSA) is 57.2 Å². The lowest BCUT2D eigenvalue weighted by Crippen LogP contribution is -2.70. The minimum absolute atomic E-state index is 0.00258. The first kappa shape index (κ1) is 22.3. The SMILES string of the molecule is CC1(C)O[C@H]2O[C@]3(C[C@@H](O[Si](c4ccccc4)(c4ccccc4)C(C)(C)C)C3)[C@H](O)[C@H]2O1. The lowest BCUT2D eigenvalue weighted by atomic mass is 9.73. The van der Waals surface area contributed by atoms with E-state index in [1.807, 2.05) is 13.8 Å². The number of aliphatic hydroxyl groups is 1. The lowest BCUT2D eigenvalue weighted by molar-refractivity contribution is -0.267. The van der Waals surface area contributed by atoms with E-state index in [0.29, 0.717) is 12.8 Å². The van der Waals surface area contributed by atoms with E-state index in [1.54, 1.807) is 0 Å². The summed E-state index contributed by atoms with van der Waals surface area (Å²) >= 11 is 0. The highest BCUT2D eigenvalue weighted by Gasteiger charge is 2.67. The molecule has 2 aromatic carbocycles. The third kappa shape index (κ3) is 3.40. The summed E-state index contributed by atoms with van der Waals surface area (Å²) < 4.78 is 25.2. The van der Waals surface area contributed by atoms with E-state index in [0.717, 1.165) is 0 Å². The highest BCUT2D eigenvalue weighted by atomic mass is 28.4. The zero-order chi connectivity index (χ0) is 22.8. The number of aliphatic hydroxyl groups excluding tert-OH is 1. The van der Waals surface area contributed by atoms with Crippen LogP contribution in [0, 0.1) is 0 Å². The van der Waals surface area contributed by atoms with Gasteiger partial charge in [0.1, 0.15) is 17.8 Å². The van der Waals surface area contributed by atoms with E-state index in [1.165, 1.54) is 10.4 Å². The van der Waals surface area contributed by atoms with Crippen molar-refractivity contribution in [3.63, 3.8) is 0 Å². The predicted molar refractivity (Wildman–Crippen MR) is 125 cm³/mol. The Balaban J connectivity index is 1.43. The van der Waals surface area contributed by atoms with Crippen LogP contribution in [0.5, 0.6) is 0 Å². The average Bonchev–Trinajstić information content (AvgIpc) is 3.15. The third-order valence-electron chi connectivity index (χ3n) is 7.20. The molecule has 2 aliphatic heterocycles. The van der Waals surface area contributed by atoms with Crippen molar-refractivity contribution < 1.29 is 23.7 Å². The molecule has 0 amide bonds. The zero-order valence-corrected chi connectivity index (χ0v) is 20.6. The van der Waals surface area contributed by atoms with Gasteiger partial charge in [0.15, 0.2) is 12.1 Å². The van der Waals surface area contributed by atoms with Gasteiger partial charge in [0.2, 0.25) is 0 Å². The first-order valence-electron chi connectivity index (χ1n) is 11.6. The van der Waals surface area contributed by atoms with E-state index < -0.39 is 38.2 Å². The molecule has 6 heteroatoms. The van der Waals surface area contributed by atoms with Crippen LogP contribution >= 0.6 is 0 Å². The molecule has 3 atom stereocenters. The Morgan fingerprint density at radius 3 is 1.88 bits per heavy atom. The van der Waals surface area contributed by atoms with Gasteiger partial charge in [-0.25, -0.2) is 0 Å². The molecule has 2 heterocycles. The maximum atomic E-state index is 11.0. The van der Waals surface area contributed by atoms with E-state index in [2.05, 4.69) is 81.4 Å². The molecule has 0 unspecified atom stereocenters. The smallest absolute Gasteiger partial charge is 0.261 e. The molecule has 1 aliphatic carbocycles. The summed E-state index contributed by atoms with van der Waals surface area (Å²) in [6, 6.07) is 21.3. The summed E-state index contributed by atoms with van der Waals surface area (Å²) in [6.07, 6.45) is -0.402. The van der Waals surface area contributed by atoms with Crippen LogP contribution in [0.3, 0.4) is 0 Å². The highest BCUT2D eigenvalue weighted by molar-refractivity contribution is 6.99. The van der Waals surface area contributed by atoms with Crippen LogP contribution in [0.2, 0.25) is 5.04 Å². The Hall–Kier alpha value is -1.54. The van der Waals surface area contributed by atoms with E-state index in [4.69, 9.17) is 18.6 Å². The first-order chi connectivity index (χ1) is 15.1. The van der Waals surface area contributed by atoms with Gasteiger partial charge in [-0.2, -0.15) is 0 Å². The number of hydrogen-bond donors (Lipinski definition) is 1. The number of hydrogen-bond acceptors (Lipinski definition) is 5. The van der Waals surface area contributed by atoms with Crippen LogP contribution in [0.25, 0.3) is 0 Å². The highest BCUT2D eigenvalue weighted by Crippen LogP contribution is 2.53. The molecule has 5 nitrogen and oxygen atoms in total. The van der Waals surface area contributed by atoms with Gasteiger partial charge in [0.05, 0.1) is 6.10 Å². The van der Waals surface area contributed by atoms with Crippen LogP contribution in [-0.4, -0.2) is 49.4 Å². The summed E-state index contributed by atoms with van der Waals surface area (Å²) in [5.74, 6) is -0.730. The summed E-state index contributed by atoms with van der Waals surface area (Å²) in [7, 11) is -2.62. The maximum absolute atomic E-state index is 11.0. The Morgan fingerprint density at radius 2 is 1.41 bits per heavy atom. The summed E-state index contributed by atoms with van der Waals surface area (Å²) in [5, 5.41) is 13.5. The van der Waals surface area contributed by atoms with Crippen molar-refractivity contribution in [1.29, 1.82) is 0 Å². The van der Waals surface area contributed by atoms with Crippen molar-refractivity contribution in [3.8, 4) is 0 Å². The van der Waals surface area contributed by atoms with Gasteiger partial charge < -0.3 is 23.7 Å². The second kappa shape index (κ2) is 7.48. The normalized spacial score (nSPS) is 33.8. The largest absolute Gasteiger partial charge is 0.404 e. The summed E-state index contributed by atoms with van der Waals surface area (Å²) in [5.41, 5.74) is -0.651. The monoisotopic (exact) mass is 454 g/mol. The minimum Gasteiger partial charge on any atom is -0.404 e. The number of benzene rings is 2. The van der Waals surface area contributed by atoms with Crippen LogP contribution in [0.1, 0.15) is 47.5 Å². The molecule has 0 bridgehead atoms. The van der Waals surface area contributed by atoms with Crippen molar-refractivity contribution in [1.82, 2.24) is 0 Å². The molecule has 1 saturated carbocycles. The first-order valence-corrected chi connectivity index (χ1v) is 13.5. The van der Waals surface area contributed by atoms with E-state index in [9.17, 15) is 5.11 Å². The van der Waals surface area contributed by atoms with Gasteiger partial charge in [0.25, 0.3) is 8.32 Å². The van der Waals surface area contributed by atoms with Gasteiger partial charge in [-0.3, -0.25) is 0 Å². The number of ether oxygens (including phenoxy) is 3. The van der Waals surface area contributed by atoms with Crippen molar-refractivity contribution in [2.75, 3.05) is 0 Å². The van der Waals surface area contributed by atoms with Crippen molar-refractivity contribution in [2.24, 2.45) is 0 Å². The van der Waals surface area contributed by atoms with Crippen LogP contribution in [0.4, 0.5) is 0 Å². The van der Waals surface area contributed by atoms with Crippen LogP contribution in [-0.2, 0) is 18.6 Å². The van der Waals surface area contributed by atoms with E-state index >= 15 is 0 Å². The number of rotatable bonds is 4. The molecule has 0 radical (unpaired) electrons. The molecule has 172 valence electrons. The zero-order valence-electron chi connectivity index (χ0n) is 19.6. The molecule has 3 fully saturated rings. The van der Waals surface area contributed by atoms with Gasteiger partial charge in [-0.1, -0.05) is 81.4 Å². The molecule has 5 rings (SSSR count). The van der Waals surface area contributed by atoms with Gasteiger partial charge >= 0.3 is 0 Å². The Bertz CT molecular complexity index is 910. The summed E-state index contributed by atoms with van der Waals surface area (Å²) in [4.78, 5) is 0. The molecule has 2 aromatic rings. The van der Waals surface area contributed by atoms with Gasteiger partial charge in [-0.15, -0.1) is 0 Å². The van der Waals surface area contributed by atoms with Crippen molar-refractivity contribution >= 4 is 18.7 Å². The number of fused-ring (bicyclic) bond motifs is 1. The molecular formula is C26H34O5Si. The average molecular weight is 455 g/mol. The Morgan fingerprint density at radius 1 is 0.875 bits per heavy atom. The standard InChI is InChI=1S/C26H34O5Si/c1-24(2,3)32(19-12-8-6-9-13-19,20-14-10-7-11-15-20)31-18-16-26(17-18)22(27)21-23(30-26)29-25(4,5)28-21/h6-15,18,21-23,27H,16-17H2,1-5H3/t18-,21-,22-,23+,26+/m1/s1. The predicted octanol–water partition coefficient (Wildman–Crippen LogP) is 3.33. The Labute approximate surface area is 191 Å². The fourth-order valence-electron chi connectivity index (χ4n) is 5.74. The second-order valence-corrected chi connectivity index (χ2v) is 15.2. The molecule has 1 spiro atoms. The molecule has 1 N–H and O–H groups in total. The minimum atomic E-state index is -2.62. The molecule has 32 heavy (non-hydrogen) atoms. The molecular weight excluding hydrogens is 420 g/mol. The molecule has 2 saturated heterocycles. The van der Waals surface area contributed by atoms with Gasteiger partial charge in [-0.05, 0) is 29.3 Å². The van der Waals surface area contributed by atoms with Crippen LogP contribution < -0.4 is 10.4 Å². The second-order valence-electron chi connectivity index (χ2n) is 10.9. The fourth-order valence-corrected chi connectivity index (χ4v) is 10.4. The molecule has 3 aliphatic rings. The van der Waals surface area contributed by atoms with Crippen molar-refractivity contribution in [3.05, 3.63) is 60.7 Å². The lowest BCUT2D eigenvalue weighted by Gasteiger charge is -2.52. The third-order valence-corrected chi connectivity index (χ3v) is 12.3. The maximum Gasteiger partial charge on any atom is 0.261 e. The Kier molecular flexibility index (Phi) is 5.21. The molecule has 0 aromatic heterocycles. The quantitative estimate of drug-likeness (QED) is 0.718. The van der Waals surface area contributed by atoms with E-state index in [-0.39, 0.29) is 11.1 Å². The summed E-state index contributed by atoms with van der Waals surface area (Å²) in [6.45, 7) is 10.5. The fraction of sp³-hybridized carbons (Fsp3) is 0.538. The van der Waals surface area contributed by atoms with Crippen molar-refractivity contribution in [2.45, 2.75) is 88.5 Å². The van der Waals surface area contributed by atoms with Crippen LogP contribution in [0.15, 0.2) is 60.7 Å². The van der Waals surface area contributed by atoms with Gasteiger partial charge in [0, 0.05) is 12.8 Å².